The number of fused-ring (bicyclic) bond motifs is 1. The van der Waals surface area contributed by atoms with Crippen molar-refractivity contribution >= 4 is 23.7 Å². The van der Waals surface area contributed by atoms with E-state index in [1.54, 1.807) is 12.4 Å². The monoisotopic (exact) mass is 192 g/mol. The number of H-pyrrole nitrogens is 1. The molecule has 3 heteroatoms. The fourth-order valence-corrected chi connectivity index (χ4v) is 0.880. The van der Waals surface area contributed by atoms with Crippen molar-refractivity contribution in [3.05, 3.63) is 43.2 Å². The zero-order valence-electron chi connectivity index (χ0n) is 7.27. The number of hydrogen-bond donors (Lipinski definition) is 2. The van der Waals surface area contributed by atoms with Gasteiger partial charge >= 0.3 is 0 Å². The maximum Gasteiger partial charge on any atom is 0.0931 e. The predicted octanol–water partition coefficient (Wildman–Crippen LogP) is 2.67. The number of nitrogens with zero attached hydrogens (tertiary/aromatic N) is 1. The maximum absolute atomic E-state index is 4.06. The molecule has 0 bridgehead atoms. The third-order valence-electron chi connectivity index (χ3n) is 1.46. The van der Waals surface area contributed by atoms with Crippen molar-refractivity contribution in [1.82, 2.24) is 9.97 Å². The molecule has 0 aliphatic rings. The molecule has 0 radical (unpaired) electrons. The fourth-order valence-electron chi connectivity index (χ4n) is 0.880. The van der Waals surface area contributed by atoms with Gasteiger partial charge < -0.3 is 4.98 Å². The molecule has 0 spiro atoms. The summed E-state index contributed by atoms with van der Waals surface area (Å²) in [5.41, 5.74) is 2.12. The SMILES string of the molecule is C=CCS.c1ccc2[nH]cnc2c1. The second-order valence-corrected chi connectivity index (χ2v) is 2.76. The number of hydrogen-bond acceptors (Lipinski definition) is 2. The minimum absolute atomic E-state index is 0.778. The summed E-state index contributed by atoms with van der Waals surface area (Å²) in [7, 11) is 0. The van der Waals surface area contributed by atoms with E-state index in [0.29, 0.717) is 0 Å². The van der Waals surface area contributed by atoms with Crippen LogP contribution in [0.25, 0.3) is 11.0 Å². The third kappa shape index (κ3) is 2.95. The molecule has 0 aliphatic heterocycles. The van der Waals surface area contributed by atoms with Crippen LogP contribution < -0.4 is 0 Å². The van der Waals surface area contributed by atoms with Crippen LogP contribution in [0.15, 0.2) is 43.2 Å². The van der Waals surface area contributed by atoms with E-state index in [2.05, 4.69) is 29.2 Å². The van der Waals surface area contributed by atoms with E-state index in [4.69, 9.17) is 0 Å². The first kappa shape index (κ1) is 9.86. The van der Waals surface area contributed by atoms with E-state index >= 15 is 0 Å². The second-order valence-electron chi connectivity index (χ2n) is 2.39. The molecule has 1 heterocycles. The van der Waals surface area contributed by atoms with Gasteiger partial charge in [0.25, 0.3) is 0 Å². The highest BCUT2D eigenvalue weighted by Crippen LogP contribution is 2.05. The first-order valence-electron chi connectivity index (χ1n) is 3.98. The van der Waals surface area contributed by atoms with E-state index in [1.807, 2.05) is 24.3 Å². The van der Waals surface area contributed by atoms with Crippen LogP contribution in [0.3, 0.4) is 0 Å². The molecule has 0 saturated carbocycles. The van der Waals surface area contributed by atoms with E-state index < -0.39 is 0 Å². The van der Waals surface area contributed by atoms with Crippen molar-refractivity contribution in [3.63, 3.8) is 0 Å². The van der Waals surface area contributed by atoms with Crippen LogP contribution in [0.1, 0.15) is 0 Å². The molecule has 0 amide bonds. The second kappa shape index (κ2) is 5.43. The number of aromatic amines is 1. The molecule has 0 saturated heterocycles. The highest BCUT2D eigenvalue weighted by Gasteiger charge is 1.88. The molecule has 1 N–H and O–H groups in total. The molecular formula is C10H12N2S. The number of benzene rings is 1. The lowest BCUT2D eigenvalue weighted by Crippen LogP contribution is -1.63. The Morgan fingerprint density at radius 3 is 2.77 bits per heavy atom. The minimum Gasteiger partial charge on any atom is -0.345 e. The van der Waals surface area contributed by atoms with Gasteiger partial charge in [0.1, 0.15) is 0 Å². The first-order chi connectivity index (χ1) is 6.38. The molecule has 2 nitrogen and oxygen atoms in total. The average Bonchev–Trinajstić information content (AvgIpc) is 2.66. The van der Waals surface area contributed by atoms with Crippen LogP contribution in [0, 0.1) is 0 Å². The predicted molar refractivity (Wildman–Crippen MR) is 60.1 cm³/mol. The highest BCUT2D eigenvalue weighted by atomic mass is 32.1. The van der Waals surface area contributed by atoms with Gasteiger partial charge in [-0.05, 0) is 12.1 Å². The Morgan fingerprint density at radius 2 is 2.15 bits per heavy atom. The standard InChI is InChI=1S/C7H6N2.C3H6S/c1-2-4-7-6(3-1)8-5-9-7;1-2-3-4/h1-5H,(H,8,9);2,4H,1,3H2. The van der Waals surface area contributed by atoms with Crippen LogP contribution in [-0.2, 0) is 0 Å². The summed E-state index contributed by atoms with van der Waals surface area (Å²) in [6.07, 6.45) is 3.44. The summed E-state index contributed by atoms with van der Waals surface area (Å²) in [6.45, 7) is 3.40. The van der Waals surface area contributed by atoms with E-state index in [-0.39, 0.29) is 0 Å². The Balaban J connectivity index is 0.000000184. The molecule has 13 heavy (non-hydrogen) atoms. The molecule has 1 aromatic carbocycles. The van der Waals surface area contributed by atoms with Gasteiger partial charge in [-0.15, -0.1) is 6.58 Å². The molecule has 2 aromatic rings. The molecule has 1 aromatic heterocycles. The lowest BCUT2D eigenvalue weighted by atomic mass is 10.3. The Bertz CT molecular complexity index is 337. The summed E-state index contributed by atoms with van der Waals surface area (Å²) in [5, 5.41) is 0. The zero-order valence-corrected chi connectivity index (χ0v) is 8.17. The molecule has 2 rings (SSSR count). The van der Waals surface area contributed by atoms with Crippen LogP contribution in [0.2, 0.25) is 0 Å². The van der Waals surface area contributed by atoms with Gasteiger partial charge in [0, 0.05) is 5.75 Å². The molecule has 0 aliphatic carbocycles. The maximum atomic E-state index is 4.06. The number of para-hydroxylation sites is 2. The largest absolute Gasteiger partial charge is 0.345 e. The van der Waals surface area contributed by atoms with Crippen molar-refractivity contribution in [3.8, 4) is 0 Å². The molecular weight excluding hydrogens is 180 g/mol. The Morgan fingerprint density at radius 1 is 1.46 bits per heavy atom. The lowest BCUT2D eigenvalue weighted by molar-refractivity contribution is 1.34. The molecule has 0 atom stereocenters. The summed E-state index contributed by atoms with van der Waals surface area (Å²) in [6, 6.07) is 7.94. The summed E-state index contributed by atoms with van der Waals surface area (Å²) < 4.78 is 0. The topological polar surface area (TPSA) is 28.7 Å². The normalized spacial score (nSPS) is 9.00. The Kier molecular flexibility index (Phi) is 4.12. The van der Waals surface area contributed by atoms with E-state index in [1.165, 1.54) is 0 Å². The zero-order chi connectivity index (χ0) is 9.52. The summed E-state index contributed by atoms with van der Waals surface area (Å²) in [4.78, 5) is 7.07. The Hall–Kier alpha value is -1.22. The van der Waals surface area contributed by atoms with Crippen molar-refractivity contribution < 1.29 is 0 Å². The molecule has 0 unspecified atom stereocenters. The van der Waals surface area contributed by atoms with Crippen molar-refractivity contribution in [2.75, 3.05) is 5.75 Å². The van der Waals surface area contributed by atoms with Crippen LogP contribution >= 0.6 is 12.6 Å². The summed E-state index contributed by atoms with van der Waals surface area (Å²) in [5.74, 6) is 0.778. The minimum atomic E-state index is 0.778. The number of aromatic nitrogens is 2. The highest BCUT2D eigenvalue weighted by molar-refractivity contribution is 7.80. The average molecular weight is 192 g/mol. The number of imidazole rings is 1. The van der Waals surface area contributed by atoms with Gasteiger partial charge in [-0.3, -0.25) is 0 Å². The first-order valence-corrected chi connectivity index (χ1v) is 4.61. The van der Waals surface area contributed by atoms with E-state index in [0.717, 1.165) is 16.8 Å². The fraction of sp³-hybridized carbons (Fsp3) is 0.100. The molecule has 0 fully saturated rings. The lowest BCUT2D eigenvalue weighted by Gasteiger charge is -1.81. The van der Waals surface area contributed by atoms with Crippen LogP contribution in [0.5, 0.6) is 0 Å². The number of nitrogens with one attached hydrogen (secondary N) is 1. The van der Waals surface area contributed by atoms with Crippen molar-refractivity contribution in [1.29, 1.82) is 0 Å². The van der Waals surface area contributed by atoms with Crippen LogP contribution in [0.4, 0.5) is 0 Å². The number of rotatable bonds is 1. The van der Waals surface area contributed by atoms with Crippen molar-refractivity contribution in [2.45, 2.75) is 0 Å². The molecule has 68 valence electrons. The van der Waals surface area contributed by atoms with Gasteiger partial charge in [-0.25, -0.2) is 4.98 Å². The summed E-state index contributed by atoms with van der Waals surface area (Å²) >= 11 is 3.80. The quantitative estimate of drug-likeness (QED) is 0.528. The van der Waals surface area contributed by atoms with Gasteiger partial charge in [0.2, 0.25) is 0 Å². The van der Waals surface area contributed by atoms with Crippen molar-refractivity contribution in [2.24, 2.45) is 0 Å². The van der Waals surface area contributed by atoms with E-state index in [9.17, 15) is 0 Å². The van der Waals surface area contributed by atoms with Gasteiger partial charge in [-0.2, -0.15) is 12.6 Å². The van der Waals surface area contributed by atoms with Crippen LogP contribution in [-0.4, -0.2) is 15.7 Å². The number of thiol groups is 1. The van der Waals surface area contributed by atoms with Gasteiger partial charge in [0.15, 0.2) is 0 Å². The smallest absolute Gasteiger partial charge is 0.0931 e. The Labute approximate surface area is 83.1 Å². The van der Waals surface area contributed by atoms with Gasteiger partial charge in [-0.1, -0.05) is 18.2 Å². The van der Waals surface area contributed by atoms with Gasteiger partial charge in [0.05, 0.1) is 17.4 Å². The third-order valence-corrected chi connectivity index (χ3v) is 1.72.